The number of para-hydroxylation sites is 1. The van der Waals surface area contributed by atoms with Crippen LogP contribution >= 0.6 is 0 Å². The first-order valence-electron chi connectivity index (χ1n) is 11.7. The Morgan fingerprint density at radius 2 is 1.65 bits per heavy atom. The van der Waals surface area contributed by atoms with E-state index in [2.05, 4.69) is 4.98 Å². The van der Waals surface area contributed by atoms with Gasteiger partial charge in [-0.1, -0.05) is 24.3 Å². The number of hydrogen-bond acceptors (Lipinski definition) is 6. The molecule has 188 valence electrons. The second-order valence-corrected chi connectivity index (χ2v) is 8.94. The minimum absolute atomic E-state index is 0.00124. The number of ether oxygens (including phenoxy) is 2. The van der Waals surface area contributed by atoms with Gasteiger partial charge in [0, 0.05) is 48.1 Å². The molecule has 1 fully saturated rings. The number of aromatic amines is 1. The number of carbonyl (C=O) groups is 2. The number of carbonyl (C=O) groups excluding carboxylic acids is 2. The molecule has 8 heteroatoms. The van der Waals surface area contributed by atoms with Crippen LogP contribution in [0.25, 0.3) is 16.7 Å². The molecule has 2 N–H and O–H groups in total. The normalized spacial score (nSPS) is 16.9. The van der Waals surface area contributed by atoms with Gasteiger partial charge in [0.05, 0.1) is 25.8 Å². The number of Topliss-reactive ketones (excluding diaryl/α,β-unsaturated/α-hetero) is 1. The number of rotatable bonds is 6. The molecule has 8 nitrogen and oxygen atoms in total. The number of aromatic nitrogens is 1. The first kappa shape index (κ1) is 24.0. The van der Waals surface area contributed by atoms with Crippen molar-refractivity contribution in [3.63, 3.8) is 0 Å². The van der Waals surface area contributed by atoms with Crippen LogP contribution in [-0.4, -0.2) is 50.1 Å². The van der Waals surface area contributed by atoms with Gasteiger partial charge < -0.3 is 24.5 Å². The first-order chi connectivity index (χ1) is 17.8. The van der Waals surface area contributed by atoms with E-state index in [0.29, 0.717) is 28.3 Å². The highest BCUT2D eigenvalue weighted by Gasteiger charge is 2.47. The number of H-pyrrole nitrogens is 1. The lowest BCUT2D eigenvalue weighted by molar-refractivity contribution is -0.132. The zero-order chi connectivity index (χ0) is 26.3. The van der Waals surface area contributed by atoms with Gasteiger partial charge >= 0.3 is 0 Å². The van der Waals surface area contributed by atoms with Gasteiger partial charge in [-0.15, -0.1) is 0 Å². The van der Waals surface area contributed by atoms with Crippen LogP contribution in [-0.2, 0) is 9.59 Å². The maximum atomic E-state index is 13.5. The number of fused-ring (bicyclic) bond motifs is 1. The van der Waals surface area contributed by atoms with Crippen molar-refractivity contribution >= 4 is 39.7 Å². The Morgan fingerprint density at radius 1 is 0.946 bits per heavy atom. The molecule has 0 saturated carbocycles. The second kappa shape index (κ2) is 9.39. The van der Waals surface area contributed by atoms with Crippen LogP contribution < -0.4 is 19.3 Å². The van der Waals surface area contributed by atoms with E-state index < -0.39 is 17.7 Å². The molecular formula is C29H27N3O5. The minimum Gasteiger partial charge on any atom is -0.507 e. The van der Waals surface area contributed by atoms with E-state index in [9.17, 15) is 14.7 Å². The van der Waals surface area contributed by atoms with E-state index in [0.717, 1.165) is 16.6 Å². The maximum Gasteiger partial charge on any atom is 0.300 e. The SMILES string of the molecule is COc1ccc(C2/C(=C(/O)c3c[nH]c4ccccc34)C(=O)C(=O)N2c2ccc(N(C)C)cc2)cc1OC. The van der Waals surface area contributed by atoms with Crippen LogP contribution in [0.4, 0.5) is 11.4 Å². The summed E-state index contributed by atoms with van der Waals surface area (Å²) in [5, 5.41) is 12.3. The van der Waals surface area contributed by atoms with E-state index in [1.165, 1.54) is 19.1 Å². The number of anilines is 2. The summed E-state index contributed by atoms with van der Waals surface area (Å²) in [4.78, 5) is 33.5. The van der Waals surface area contributed by atoms with Crippen LogP contribution in [0.3, 0.4) is 0 Å². The van der Waals surface area contributed by atoms with Crippen molar-refractivity contribution < 1.29 is 24.2 Å². The predicted octanol–water partition coefficient (Wildman–Crippen LogP) is 4.88. The number of nitrogens with zero attached hydrogens (tertiary/aromatic N) is 2. The van der Waals surface area contributed by atoms with Crippen LogP contribution in [0.1, 0.15) is 17.2 Å². The molecule has 1 saturated heterocycles. The lowest BCUT2D eigenvalue weighted by Crippen LogP contribution is -2.29. The van der Waals surface area contributed by atoms with Crippen molar-refractivity contribution in [2.45, 2.75) is 6.04 Å². The number of hydrogen-bond donors (Lipinski definition) is 2. The molecule has 37 heavy (non-hydrogen) atoms. The van der Waals surface area contributed by atoms with Crippen molar-refractivity contribution in [3.8, 4) is 11.5 Å². The van der Waals surface area contributed by atoms with Gasteiger partial charge in [0.25, 0.3) is 11.7 Å². The summed E-state index contributed by atoms with van der Waals surface area (Å²) in [7, 11) is 6.90. The molecule has 0 radical (unpaired) electrons. The fraction of sp³-hybridized carbons (Fsp3) is 0.172. The molecule has 1 atom stereocenters. The molecule has 1 unspecified atom stereocenters. The lowest BCUT2D eigenvalue weighted by Gasteiger charge is -2.26. The van der Waals surface area contributed by atoms with Crippen molar-refractivity contribution in [2.24, 2.45) is 0 Å². The fourth-order valence-corrected chi connectivity index (χ4v) is 4.76. The zero-order valence-corrected chi connectivity index (χ0v) is 21.0. The molecule has 5 rings (SSSR count). The number of methoxy groups -OCH3 is 2. The Kier molecular flexibility index (Phi) is 6.09. The third-order valence-corrected chi connectivity index (χ3v) is 6.66. The highest BCUT2D eigenvalue weighted by Crippen LogP contribution is 2.45. The lowest BCUT2D eigenvalue weighted by atomic mass is 9.94. The first-order valence-corrected chi connectivity index (χ1v) is 11.7. The summed E-state index contributed by atoms with van der Waals surface area (Å²) in [6.45, 7) is 0. The van der Waals surface area contributed by atoms with E-state index in [4.69, 9.17) is 9.47 Å². The van der Waals surface area contributed by atoms with Crippen molar-refractivity contribution in [3.05, 3.63) is 89.6 Å². The van der Waals surface area contributed by atoms with E-state index in [-0.39, 0.29) is 11.3 Å². The van der Waals surface area contributed by atoms with Gasteiger partial charge in [-0.05, 0) is 48.0 Å². The van der Waals surface area contributed by atoms with E-state index >= 15 is 0 Å². The standard InChI is InChI=1S/C29H27N3O5/c1-31(2)18-10-12-19(13-11-18)32-26(17-9-14-23(36-3)24(15-17)37-4)25(28(34)29(32)35)27(33)21-16-30-22-8-6-5-7-20(21)22/h5-16,26,30,33H,1-4H3/b27-25-. The minimum atomic E-state index is -0.890. The number of aliphatic hydroxyl groups excluding tert-OH is 1. The van der Waals surface area contributed by atoms with Gasteiger partial charge in [0.1, 0.15) is 5.76 Å². The highest BCUT2D eigenvalue weighted by atomic mass is 16.5. The Labute approximate surface area is 214 Å². The van der Waals surface area contributed by atoms with Gasteiger partial charge in [-0.3, -0.25) is 14.5 Å². The monoisotopic (exact) mass is 497 g/mol. The number of amides is 1. The largest absolute Gasteiger partial charge is 0.507 e. The molecule has 1 amide bonds. The Morgan fingerprint density at radius 3 is 2.32 bits per heavy atom. The van der Waals surface area contributed by atoms with Crippen LogP contribution in [0.15, 0.2) is 78.5 Å². The predicted molar refractivity (Wildman–Crippen MR) is 143 cm³/mol. The van der Waals surface area contributed by atoms with E-state index in [1.807, 2.05) is 55.4 Å². The zero-order valence-electron chi connectivity index (χ0n) is 21.0. The quantitative estimate of drug-likeness (QED) is 0.224. The maximum absolute atomic E-state index is 13.5. The summed E-state index contributed by atoms with van der Waals surface area (Å²) in [6, 6.07) is 19.1. The highest BCUT2D eigenvalue weighted by molar-refractivity contribution is 6.51. The van der Waals surface area contributed by atoms with E-state index in [1.54, 1.807) is 36.5 Å². The third-order valence-electron chi connectivity index (χ3n) is 6.66. The molecule has 1 aromatic heterocycles. The van der Waals surface area contributed by atoms with Gasteiger partial charge in [0.2, 0.25) is 0 Å². The second-order valence-electron chi connectivity index (χ2n) is 8.94. The van der Waals surface area contributed by atoms with Crippen LogP contribution in [0.2, 0.25) is 0 Å². The molecule has 4 aromatic rings. The van der Waals surface area contributed by atoms with Crippen LogP contribution in [0.5, 0.6) is 11.5 Å². The smallest absolute Gasteiger partial charge is 0.300 e. The molecule has 0 aliphatic carbocycles. The number of nitrogens with one attached hydrogen (secondary N) is 1. The fourth-order valence-electron chi connectivity index (χ4n) is 4.76. The summed E-state index contributed by atoms with van der Waals surface area (Å²) in [5.41, 5.74) is 3.32. The number of aliphatic hydroxyl groups is 1. The molecule has 1 aliphatic rings. The molecule has 0 spiro atoms. The van der Waals surface area contributed by atoms with Gasteiger partial charge in [-0.2, -0.15) is 0 Å². The molecular weight excluding hydrogens is 470 g/mol. The molecule has 0 bridgehead atoms. The average Bonchev–Trinajstić information content (AvgIpc) is 3.47. The Hall–Kier alpha value is -4.72. The third kappa shape index (κ3) is 3.96. The van der Waals surface area contributed by atoms with Gasteiger partial charge in [0.15, 0.2) is 11.5 Å². The van der Waals surface area contributed by atoms with Crippen molar-refractivity contribution in [1.82, 2.24) is 4.98 Å². The summed E-state index contributed by atoms with van der Waals surface area (Å²) in [5.74, 6) is -0.781. The van der Waals surface area contributed by atoms with Crippen LogP contribution in [0, 0.1) is 0 Å². The number of benzene rings is 3. The van der Waals surface area contributed by atoms with Crippen molar-refractivity contribution in [2.75, 3.05) is 38.1 Å². The van der Waals surface area contributed by atoms with Crippen molar-refractivity contribution in [1.29, 1.82) is 0 Å². The molecule has 2 heterocycles. The molecule has 1 aliphatic heterocycles. The summed E-state index contributed by atoms with van der Waals surface area (Å²) in [6.07, 6.45) is 1.64. The molecule has 3 aromatic carbocycles. The average molecular weight is 498 g/mol. The Bertz CT molecular complexity index is 1530. The number of ketones is 1. The topological polar surface area (TPSA) is 95.1 Å². The summed E-state index contributed by atoms with van der Waals surface area (Å²) < 4.78 is 10.9. The van der Waals surface area contributed by atoms with Gasteiger partial charge in [-0.25, -0.2) is 0 Å². The summed E-state index contributed by atoms with van der Waals surface area (Å²) >= 11 is 0. The Balaban J connectivity index is 1.74.